The molecule has 1 unspecified atom stereocenters. The predicted molar refractivity (Wildman–Crippen MR) is 105 cm³/mol. The zero-order chi connectivity index (χ0) is 21.4. The van der Waals surface area contributed by atoms with Crippen LogP contribution in [0, 0.1) is 39.2 Å². The maximum Gasteiger partial charge on any atom is 0.226 e. The maximum absolute atomic E-state index is 13.6. The minimum absolute atomic E-state index is 0.0110. The fourth-order valence-corrected chi connectivity index (χ4v) is 4.70. The van der Waals surface area contributed by atoms with Gasteiger partial charge in [-0.15, -0.1) is 0 Å². The first-order chi connectivity index (χ1) is 14.4. The molecule has 9 heteroatoms. The molecule has 0 radical (unpaired) electrons. The highest BCUT2D eigenvalue weighted by molar-refractivity contribution is 5.87. The molecule has 1 atom stereocenters. The highest BCUT2D eigenvalue weighted by atomic mass is 19.1. The number of nitrogens with zero attached hydrogens (tertiary/aromatic N) is 3. The summed E-state index contributed by atoms with van der Waals surface area (Å²) < 4.78 is 27.1. The first-order valence-electron chi connectivity index (χ1n) is 9.59. The van der Waals surface area contributed by atoms with E-state index >= 15 is 0 Å². The standard InChI is InChI=1S/C21H20F2N6O/c22-14-3-13(4-15(23)5-14)17(1-2-24)29-19(30)21-8-20(9-21,10-21)11-26-18-6-16(7-25)27-12-28-18/h2-6,12,17,24H,1,8-11H2,(H,29,30)(H,26,27,28). The van der Waals surface area contributed by atoms with Gasteiger partial charge in [-0.2, -0.15) is 5.26 Å². The molecular formula is C21H20F2N6O. The third kappa shape index (κ3) is 3.61. The molecule has 0 aliphatic heterocycles. The molecule has 1 amide bonds. The molecule has 0 saturated heterocycles. The molecule has 30 heavy (non-hydrogen) atoms. The van der Waals surface area contributed by atoms with Crippen LogP contribution in [0.4, 0.5) is 14.6 Å². The van der Waals surface area contributed by atoms with Gasteiger partial charge in [-0.3, -0.25) is 4.79 Å². The lowest BCUT2D eigenvalue weighted by Crippen LogP contribution is -2.69. The lowest BCUT2D eigenvalue weighted by molar-refractivity contribution is -0.202. The number of aromatic nitrogens is 2. The number of halogens is 2. The van der Waals surface area contributed by atoms with Crippen LogP contribution in [0.15, 0.2) is 30.6 Å². The van der Waals surface area contributed by atoms with Crippen molar-refractivity contribution in [1.82, 2.24) is 15.3 Å². The van der Waals surface area contributed by atoms with Gasteiger partial charge in [0.2, 0.25) is 5.91 Å². The van der Waals surface area contributed by atoms with Gasteiger partial charge in [-0.1, -0.05) is 0 Å². The van der Waals surface area contributed by atoms with Crippen LogP contribution in [0.3, 0.4) is 0 Å². The molecule has 1 heterocycles. The summed E-state index contributed by atoms with van der Waals surface area (Å²) in [6.07, 6.45) is 4.75. The number of carbonyl (C=O) groups excluding carboxylic acids is 1. The van der Waals surface area contributed by atoms with Crippen molar-refractivity contribution < 1.29 is 13.6 Å². The summed E-state index contributed by atoms with van der Waals surface area (Å²) >= 11 is 0. The number of nitriles is 1. The van der Waals surface area contributed by atoms with Crippen molar-refractivity contribution in [3.05, 3.63) is 53.5 Å². The molecule has 1 aromatic heterocycles. The fraction of sp³-hybridized carbons (Fsp3) is 0.381. The molecule has 154 valence electrons. The van der Waals surface area contributed by atoms with E-state index in [0.29, 0.717) is 37.2 Å². The molecule has 3 saturated carbocycles. The van der Waals surface area contributed by atoms with Crippen LogP contribution in [-0.2, 0) is 4.79 Å². The van der Waals surface area contributed by atoms with Crippen molar-refractivity contribution in [3.63, 3.8) is 0 Å². The molecule has 3 fully saturated rings. The number of anilines is 1. The zero-order valence-corrected chi connectivity index (χ0v) is 16.1. The Hall–Kier alpha value is -3.41. The van der Waals surface area contributed by atoms with Gasteiger partial charge in [0.1, 0.15) is 35.5 Å². The summed E-state index contributed by atoms with van der Waals surface area (Å²) in [5, 5.41) is 22.3. The van der Waals surface area contributed by atoms with E-state index in [1.807, 2.05) is 6.07 Å². The molecule has 7 nitrogen and oxygen atoms in total. The Balaban J connectivity index is 1.35. The summed E-state index contributed by atoms with van der Waals surface area (Å²) in [7, 11) is 0. The fourth-order valence-electron chi connectivity index (χ4n) is 4.70. The second kappa shape index (κ2) is 7.44. The smallest absolute Gasteiger partial charge is 0.226 e. The number of hydrogen-bond donors (Lipinski definition) is 3. The van der Waals surface area contributed by atoms with Crippen LogP contribution >= 0.6 is 0 Å². The topological polar surface area (TPSA) is 115 Å². The van der Waals surface area contributed by atoms with Crippen LogP contribution in [0.5, 0.6) is 0 Å². The van der Waals surface area contributed by atoms with Crippen molar-refractivity contribution in [3.8, 4) is 6.07 Å². The molecule has 0 spiro atoms. The first-order valence-corrected chi connectivity index (χ1v) is 9.59. The van der Waals surface area contributed by atoms with E-state index in [-0.39, 0.29) is 23.4 Å². The largest absolute Gasteiger partial charge is 0.369 e. The predicted octanol–water partition coefficient (Wildman–Crippen LogP) is 3.11. The molecule has 2 bridgehead atoms. The second-order valence-electron chi connectivity index (χ2n) is 8.23. The lowest BCUT2D eigenvalue weighted by Gasteiger charge is -2.69. The van der Waals surface area contributed by atoms with Crippen molar-refractivity contribution >= 4 is 17.9 Å². The number of nitrogens with one attached hydrogen (secondary N) is 3. The number of carbonyl (C=O) groups is 1. The van der Waals surface area contributed by atoms with Crippen LogP contribution in [0.1, 0.15) is 43.0 Å². The highest BCUT2D eigenvalue weighted by Crippen LogP contribution is 2.73. The van der Waals surface area contributed by atoms with Crippen molar-refractivity contribution in [2.75, 3.05) is 11.9 Å². The van der Waals surface area contributed by atoms with Gasteiger partial charge in [-0.05, 0) is 48.6 Å². The van der Waals surface area contributed by atoms with E-state index in [9.17, 15) is 13.6 Å². The zero-order valence-electron chi connectivity index (χ0n) is 16.1. The third-order valence-corrected chi connectivity index (χ3v) is 5.99. The van der Waals surface area contributed by atoms with Gasteiger partial charge in [-0.25, -0.2) is 18.7 Å². The van der Waals surface area contributed by atoms with Gasteiger partial charge in [0.25, 0.3) is 0 Å². The van der Waals surface area contributed by atoms with E-state index in [1.54, 1.807) is 6.07 Å². The van der Waals surface area contributed by atoms with Gasteiger partial charge in [0, 0.05) is 25.1 Å². The summed E-state index contributed by atoms with van der Waals surface area (Å²) in [6, 6.07) is 6.04. The summed E-state index contributed by atoms with van der Waals surface area (Å²) in [5.41, 5.74) is 0.144. The van der Waals surface area contributed by atoms with Crippen molar-refractivity contribution in [2.45, 2.75) is 31.7 Å². The van der Waals surface area contributed by atoms with Gasteiger partial charge < -0.3 is 16.0 Å². The maximum atomic E-state index is 13.6. The van der Waals surface area contributed by atoms with Crippen LogP contribution in [0.25, 0.3) is 0 Å². The number of rotatable bonds is 8. The molecule has 1 aromatic carbocycles. The average molecular weight is 410 g/mol. The molecule has 3 N–H and O–H groups in total. The Kier molecular flexibility index (Phi) is 4.94. The highest BCUT2D eigenvalue weighted by Gasteiger charge is 2.71. The third-order valence-electron chi connectivity index (χ3n) is 5.99. The average Bonchev–Trinajstić information content (AvgIpc) is 2.65. The monoisotopic (exact) mass is 410 g/mol. The van der Waals surface area contributed by atoms with Crippen molar-refractivity contribution in [1.29, 1.82) is 10.7 Å². The number of benzene rings is 1. The molecule has 3 aliphatic rings. The molecule has 5 rings (SSSR count). The van der Waals surface area contributed by atoms with Crippen LogP contribution in [-0.4, -0.2) is 28.6 Å². The number of amides is 1. The SMILES string of the molecule is N#Cc1cc(NCC23CC(C(=O)NC(CC=N)c4cc(F)cc(F)c4)(C2)C3)ncn1. The molecule has 2 aromatic rings. The second-order valence-corrected chi connectivity index (χ2v) is 8.23. The van der Waals surface area contributed by atoms with E-state index < -0.39 is 23.1 Å². The summed E-state index contributed by atoms with van der Waals surface area (Å²) in [5.74, 6) is -0.998. The number of hydrogen-bond acceptors (Lipinski definition) is 6. The molecule has 3 aliphatic carbocycles. The molecular weight excluding hydrogens is 390 g/mol. The van der Waals surface area contributed by atoms with Gasteiger partial charge in [0.05, 0.1) is 11.5 Å². The van der Waals surface area contributed by atoms with Crippen LogP contribution in [0.2, 0.25) is 0 Å². The van der Waals surface area contributed by atoms with E-state index in [4.69, 9.17) is 10.7 Å². The Morgan fingerprint density at radius 2 is 1.93 bits per heavy atom. The summed E-state index contributed by atoms with van der Waals surface area (Å²) in [6.45, 7) is 0.642. The van der Waals surface area contributed by atoms with Gasteiger partial charge >= 0.3 is 0 Å². The van der Waals surface area contributed by atoms with Crippen molar-refractivity contribution in [2.24, 2.45) is 10.8 Å². The van der Waals surface area contributed by atoms with Crippen LogP contribution < -0.4 is 10.6 Å². The lowest BCUT2D eigenvalue weighted by atomic mass is 9.35. The first kappa shape index (κ1) is 19.9. The Morgan fingerprint density at radius 3 is 2.57 bits per heavy atom. The van der Waals surface area contributed by atoms with E-state index in [1.165, 1.54) is 18.5 Å². The Morgan fingerprint density at radius 1 is 1.23 bits per heavy atom. The normalized spacial score (nSPS) is 24.6. The van der Waals surface area contributed by atoms with E-state index in [2.05, 4.69) is 20.6 Å². The quantitative estimate of drug-likeness (QED) is 0.579. The minimum Gasteiger partial charge on any atom is -0.369 e. The van der Waals surface area contributed by atoms with Gasteiger partial charge in [0.15, 0.2) is 0 Å². The minimum atomic E-state index is -0.714. The Bertz CT molecular complexity index is 1010. The Labute approximate surface area is 172 Å². The van der Waals surface area contributed by atoms with E-state index in [0.717, 1.165) is 12.3 Å². The summed E-state index contributed by atoms with van der Waals surface area (Å²) in [4.78, 5) is 20.8.